The van der Waals surface area contributed by atoms with Gasteiger partial charge in [0.15, 0.2) is 5.78 Å². The van der Waals surface area contributed by atoms with Gasteiger partial charge in [-0.25, -0.2) is 4.39 Å². The number of hydrogen-bond donors (Lipinski definition) is 1. The standard InChI is InChI=1S/C28H26ClFN2O3/c29-22-11-9-20(10-12-22)26(33)23-6-2-3-7-24(23)28(35)32-17-14-21(15-18-32)27(34)31-16-13-19-5-1-4-8-25(19)30/h1-12,21H,13-18H2,(H,31,34). The molecule has 0 atom stereocenters. The van der Waals surface area contributed by atoms with E-state index in [1.165, 1.54) is 6.07 Å². The lowest BCUT2D eigenvalue weighted by Gasteiger charge is -2.31. The number of carbonyl (C=O) groups is 3. The number of rotatable bonds is 7. The third kappa shape index (κ3) is 5.95. The monoisotopic (exact) mass is 492 g/mol. The lowest BCUT2D eigenvalue weighted by atomic mass is 9.93. The van der Waals surface area contributed by atoms with E-state index in [-0.39, 0.29) is 29.3 Å². The second-order valence-corrected chi connectivity index (χ2v) is 9.02. The van der Waals surface area contributed by atoms with Crippen molar-refractivity contribution in [2.24, 2.45) is 5.92 Å². The molecular weight excluding hydrogens is 467 g/mol. The number of benzene rings is 3. The number of hydrogen-bond acceptors (Lipinski definition) is 3. The molecule has 3 aromatic carbocycles. The Balaban J connectivity index is 1.34. The van der Waals surface area contributed by atoms with Crippen LogP contribution in [0.25, 0.3) is 0 Å². The number of likely N-dealkylation sites (tertiary alicyclic amines) is 1. The largest absolute Gasteiger partial charge is 0.356 e. The van der Waals surface area contributed by atoms with Crippen LogP contribution in [0.1, 0.15) is 44.7 Å². The lowest BCUT2D eigenvalue weighted by Crippen LogP contribution is -2.43. The first-order valence-electron chi connectivity index (χ1n) is 11.6. The Morgan fingerprint density at radius 3 is 2.20 bits per heavy atom. The van der Waals surface area contributed by atoms with Crippen LogP contribution in [0.2, 0.25) is 5.02 Å². The molecule has 4 rings (SSSR count). The first kappa shape index (κ1) is 24.6. The van der Waals surface area contributed by atoms with Crippen molar-refractivity contribution in [3.05, 3.63) is 106 Å². The summed E-state index contributed by atoms with van der Waals surface area (Å²) in [6.07, 6.45) is 1.49. The number of halogens is 2. The molecular formula is C28H26ClFN2O3. The Morgan fingerprint density at radius 2 is 1.51 bits per heavy atom. The zero-order chi connectivity index (χ0) is 24.8. The highest BCUT2D eigenvalue weighted by Gasteiger charge is 2.29. The van der Waals surface area contributed by atoms with Crippen LogP contribution in [0.4, 0.5) is 4.39 Å². The zero-order valence-electron chi connectivity index (χ0n) is 19.2. The molecule has 7 heteroatoms. The fourth-order valence-electron chi connectivity index (χ4n) is 4.31. The number of amides is 2. The molecule has 0 unspecified atom stereocenters. The Kier molecular flexibility index (Phi) is 7.93. The second-order valence-electron chi connectivity index (χ2n) is 8.58. The van der Waals surface area contributed by atoms with E-state index in [1.807, 2.05) is 0 Å². The van der Waals surface area contributed by atoms with Gasteiger partial charge in [0.05, 0.1) is 5.56 Å². The van der Waals surface area contributed by atoms with Crippen LogP contribution in [0, 0.1) is 11.7 Å². The van der Waals surface area contributed by atoms with Crippen molar-refractivity contribution in [1.82, 2.24) is 10.2 Å². The summed E-state index contributed by atoms with van der Waals surface area (Å²) in [6.45, 7) is 1.21. The van der Waals surface area contributed by atoms with Gasteiger partial charge in [-0.05, 0) is 61.2 Å². The maximum absolute atomic E-state index is 13.7. The van der Waals surface area contributed by atoms with Crippen LogP contribution >= 0.6 is 11.6 Å². The fourth-order valence-corrected chi connectivity index (χ4v) is 4.43. The van der Waals surface area contributed by atoms with Gasteiger partial charge in [-0.2, -0.15) is 0 Å². The second kappa shape index (κ2) is 11.3. The molecule has 1 aliphatic rings. The van der Waals surface area contributed by atoms with E-state index in [0.29, 0.717) is 66.2 Å². The summed E-state index contributed by atoms with van der Waals surface area (Å²) in [6, 6.07) is 19.9. The summed E-state index contributed by atoms with van der Waals surface area (Å²) in [4.78, 5) is 40.6. The van der Waals surface area contributed by atoms with Crippen LogP contribution in [0.5, 0.6) is 0 Å². The van der Waals surface area contributed by atoms with Gasteiger partial charge in [0.2, 0.25) is 5.91 Å². The van der Waals surface area contributed by atoms with Crippen molar-refractivity contribution in [1.29, 1.82) is 0 Å². The SMILES string of the molecule is O=C(c1ccc(Cl)cc1)c1ccccc1C(=O)N1CCC(C(=O)NCCc2ccccc2F)CC1. The van der Waals surface area contributed by atoms with Crippen molar-refractivity contribution >= 4 is 29.2 Å². The third-order valence-electron chi connectivity index (χ3n) is 6.31. The van der Waals surface area contributed by atoms with Crippen LogP contribution in [0.3, 0.4) is 0 Å². The molecule has 5 nitrogen and oxygen atoms in total. The number of ketones is 1. The number of nitrogens with zero attached hydrogens (tertiary/aromatic N) is 1. The molecule has 1 aliphatic heterocycles. The van der Waals surface area contributed by atoms with Crippen molar-refractivity contribution in [3.8, 4) is 0 Å². The Bertz CT molecular complexity index is 1220. The van der Waals surface area contributed by atoms with E-state index in [2.05, 4.69) is 5.32 Å². The minimum Gasteiger partial charge on any atom is -0.356 e. The summed E-state index contributed by atoms with van der Waals surface area (Å²) < 4.78 is 13.7. The normalized spacial score (nSPS) is 13.9. The summed E-state index contributed by atoms with van der Waals surface area (Å²) in [5.41, 5.74) is 1.72. The van der Waals surface area contributed by atoms with Gasteiger partial charge in [0, 0.05) is 41.7 Å². The van der Waals surface area contributed by atoms with Gasteiger partial charge in [0.1, 0.15) is 5.82 Å². The van der Waals surface area contributed by atoms with Crippen LogP contribution < -0.4 is 5.32 Å². The summed E-state index contributed by atoms with van der Waals surface area (Å²) in [5, 5.41) is 3.42. The third-order valence-corrected chi connectivity index (χ3v) is 6.56. The van der Waals surface area contributed by atoms with Gasteiger partial charge in [0.25, 0.3) is 5.91 Å². The fraction of sp³-hybridized carbons (Fsp3) is 0.250. The van der Waals surface area contributed by atoms with E-state index in [9.17, 15) is 18.8 Å². The Labute approximate surface area is 208 Å². The summed E-state index contributed by atoms with van der Waals surface area (Å²) in [5.74, 6) is -1.02. The molecule has 0 bridgehead atoms. The maximum Gasteiger partial charge on any atom is 0.254 e. The van der Waals surface area contributed by atoms with E-state index in [0.717, 1.165) is 0 Å². The average Bonchev–Trinajstić information content (AvgIpc) is 2.89. The minimum absolute atomic E-state index is 0.0771. The van der Waals surface area contributed by atoms with E-state index in [4.69, 9.17) is 11.6 Å². The molecule has 3 aromatic rings. The molecule has 1 saturated heterocycles. The molecule has 35 heavy (non-hydrogen) atoms. The zero-order valence-corrected chi connectivity index (χ0v) is 19.9. The van der Waals surface area contributed by atoms with Crippen LogP contribution in [-0.2, 0) is 11.2 Å². The van der Waals surface area contributed by atoms with Crippen LogP contribution in [-0.4, -0.2) is 42.1 Å². The smallest absolute Gasteiger partial charge is 0.254 e. The van der Waals surface area contributed by atoms with Gasteiger partial charge in [-0.15, -0.1) is 0 Å². The quantitative estimate of drug-likeness (QED) is 0.476. The van der Waals surface area contributed by atoms with E-state index in [1.54, 1.807) is 71.6 Å². The predicted molar refractivity (Wildman–Crippen MR) is 133 cm³/mol. The topological polar surface area (TPSA) is 66.5 Å². The highest BCUT2D eigenvalue weighted by Crippen LogP contribution is 2.23. The van der Waals surface area contributed by atoms with Crippen molar-refractivity contribution < 1.29 is 18.8 Å². The molecule has 0 aliphatic carbocycles. The predicted octanol–water partition coefficient (Wildman–Crippen LogP) is 4.92. The highest BCUT2D eigenvalue weighted by molar-refractivity contribution is 6.30. The lowest BCUT2D eigenvalue weighted by molar-refractivity contribution is -0.126. The number of carbonyl (C=O) groups excluding carboxylic acids is 3. The molecule has 0 radical (unpaired) electrons. The number of piperidine rings is 1. The molecule has 1 N–H and O–H groups in total. The van der Waals surface area contributed by atoms with Gasteiger partial charge in [-0.3, -0.25) is 14.4 Å². The first-order valence-corrected chi connectivity index (χ1v) is 12.0. The minimum atomic E-state index is -0.275. The summed E-state index contributed by atoms with van der Waals surface area (Å²) in [7, 11) is 0. The molecule has 0 saturated carbocycles. The Morgan fingerprint density at radius 1 is 0.886 bits per heavy atom. The van der Waals surface area contributed by atoms with Gasteiger partial charge in [-0.1, -0.05) is 48.0 Å². The average molecular weight is 493 g/mol. The van der Waals surface area contributed by atoms with E-state index < -0.39 is 0 Å². The molecule has 2 amide bonds. The summed E-state index contributed by atoms with van der Waals surface area (Å²) >= 11 is 5.93. The maximum atomic E-state index is 13.7. The Hall–Kier alpha value is -3.51. The van der Waals surface area contributed by atoms with Gasteiger partial charge >= 0.3 is 0 Å². The molecule has 180 valence electrons. The van der Waals surface area contributed by atoms with Crippen molar-refractivity contribution in [3.63, 3.8) is 0 Å². The highest BCUT2D eigenvalue weighted by atomic mass is 35.5. The molecule has 1 heterocycles. The molecule has 0 spiro atoms. The van der Waals surface area contributed by atoms with Crippen molar-refractivity contribution in [2.75, 3.05) is 19.6 Å². The van der Waals surface area contributed by atoms with E-state index >= 15 is 0 Å². The first-order chi connectivity index (χ1) is 16.9. The number of nitrogens with one attached hydrogen (secondary N) is 1. The van der Waals surface area contributed by atoms with Crippen LogP contribution in [0.15, 0.2) is 72.8 Å². The van der Waals surface area contributed by atoms with Crippen molar-refractivity contribution in [2.45, 2.75) is 19.3 Å². The van der Waals surface area contributed by atoms with Gasteiger partial charge < -0.3 is 10.2 Å². The molecule has 1 fully saturated rings. The molecule has 0 aromatic heterocycles.